The fourth-order valence-corrected chi connectivity index (χ4v) is 1.90. The molecule has 0 bridgehead atoms. The third-order valence-electron chi connectivity index (χ3n) is 2.63. The maximum Gasteiger partial charge on any atom is 0.0702 e. The van der Waals surface area contributed by atoms with E-state index in [1.54, 1.807) is 0 Å². The van der Waals surface area contributed by atoms with Crippen LogP contribution in [-0.2, 0) is 4.74 Å². The Bertz CT molecular complexity index is 131. The van der Waals surface area contributed by atoms with Crippen LogP contribution in [0.4, 0.5) is 0 Å². The van der Waals surface area contributed by atoms with E-state index in [1.807, 2.05) is 0 Å². The van der Waals surface area contributed by atoms with Crippen LogP contribution in [0, 0.1) is 0 Å². The number of nitrogens with two attached hydrogens (primary N) is 2. The molecule has 1 saturated heterocycles. The molecule has 0 aromatic heterocycles. The minimum absolute atomic E-state index is 0.404. The topological polar surface area (TPSA) is 64.5 Å². The van der Waals surface area contributed by atoms with Crippen LogP contribution in [0.5, 0.6) is 0 Å². The van der Waals surface area contributed by atoms with Gasteiger partial charge in [-0.15, -0.1) is 0 Å². The number of hydrogen-bond donors (Lipinski definition) is 2. The largest absolute Gasteiger partial charge is 0.377 e. The molecule has 14 heavy (non-hydrogen) atoms. The van der Waals surface area contributed by atoms with Gasteiger partial charge in [-0.2, -0.15) is 0 Å². The molecule has 1 heterocycles. The van der Waals surface area contributed by atoms with Crippen molar-refractivity contribution in [3.05, 3.63) is 0 Å². The lowest BCUT2D eigenvalue weighted by atomic mass is 10.1. The first kappa shape index (κ1) is 11.9. The van der Waals surface area contributed by atoms with E-state index >= 15 is 0 Å². The standard InChI is InChI=1S/C10H23N3O/c11-4-6-13(7-5-12)9-10-3-1-2-8-14-10/h10H,1-9,11-12H2. The second kappa shape index (κ2) is 7.17. The van der Waals surface area contributed by atoms with Crippen molar-refractivity contribution in [3.63, 3.8) is 0 Å². The summed E-state index contributed by atoms with van der Waals surface area (Å²) < 4.78 is 5.68. The molecule has 1 aliphatic rings. The Balaban J connectivity index is 2.21. The molecule has 0 aromatic carbocycles. The maximum absolute atomic E-state index is 5.68. The van der Waals surface area contributed by atoms with E-state index in [0.717, 1.165) is 26.2 Å². The first-order valence-corrected chi connectivity index (χ1v) is 5.61. The fraction of sp³-hybridized carbons (Fsp3) is 1.00. The molecule has 0 spiro atoms. The van der Waals surface area contributed by atoms with Crippen LogP contribution in [0.1, 0.15) is 19.3 Å². The second-order valence-corrected chi connectivity index (χ2v) is 3.87. The summed E-state index contributed by atoms with van der Waals surface area (Å²) in [6.45, 7) is 5.17. The van der Waals surface area contributed by atoms with Crippen LogP contribution in [0.25, 0.3) is 0 Å². The van der Waals surface area contributed by atoms with Gasteiger partial charge in [-0.25, -0.2) is 0 Å². The molecule has 0 amide bonds. The minimum atomic E-state index is 0.404. The molecule has 84 valence electrons. The van der Waals surface area contributed by atoms with E-state index in [9.17, 15) is 0 Å². The van der Waals surface area contributed by atoms with E-state index in [0.29, 0.717) is 19.2 Å². The van der Waals surface area contributed by atoms with E-state index in [-0.39, 0.29) is 0 Å². The number of nitrogens with zero attached hydrogens (tertiary/aromatic N) is 1. The first-order valence-electron chi connectivity index (χ1n) is 5.61. The van der Waals surface area contributed by atoms with Gasteiger partial charge in [0.15, 0.2) is 0 Å². The summed E-state index contributed by atoms with van der Waals surface area (Å²) in [5.74, 6) is 0. The van der Waals surface area contributed by atoms with Crippen molar-refractivity contribution in [1.82, 2.24) is 4.90 Å². The Labute approximate surface area is 86.6 Å². The summed E-state index contributed by atoms with van der Waals surface area (Å²) in [6.07, 6.45) is 4.10. The zero-order valence-electron chi connectivity index (χ0n) is 8.95. The number of ether oxygens (including phenoxy) is 1. The van der Waals surface area contributed by atoms with Crippen LogP contribution in [0.2, 0.25) is 0 Å². The van der Waals surface area contributed by atoms with Crippen LogP contribution >= 0.6 is 0 Å². The molecule has 0 aromatic rings. The Morgan fingerprint density at radius 1 is 1.14 bits per heavy atom. The van der Waals surface area contributed by atoms with Gasteiger partial charge in [-0.1, -0.05) is 0 Å². The van der Waals surface area contributed by atoms with Crippen molar-refractivity contribution >= 4 is 0 Å². The van der Waals surface area contributed by atoms with Crippen molar-refractivity contribution in [2.75, 3.05) is 39.3 Å². The molecule has 1 fully saturated rings. The highest BCUT2D eigenvalue weighted by Crippen LogP contribution is 2.13. The Kier molecular flexibility index (Phi) is 6.10. The zero-order chi connectivity index (χ0) is 10.2. The van der Waals surface area contributed by atoms with Crippen molar-refractivity contribution in [3.8, 4) is 0 Å². The molecule has 4 heteroatoms. The third kappa shape index (κ3) is 4.37. The Morgan fingerprint density at radius 2 is 1.86 bits per heavy atom. The Hall–Kier alpha value is -0.160. The fourth-order valence-electron chi connectivity index (χ4n) is 1.90. The second-order valence-electron chi connectivity index (χ2n) is 3.87. The molecule has 1 unspecified atom stereocenters. The predicted octanol–water partition coefficient (Wildman–Crippen LogP) is -0.225. The van der Waals surface area contributed by atoms with Crippen LogP contribution in [0.3, 0.4) is 0 Å². The quantitative estimate of drug-likeness (QED) is 0.623. The summed E-state index contributed by atoms with van der Waals surface area (Å²) >= 11 is 0. The smallest absolute Gasteiger partial charge is 0.0702 e. The van der Waals surface area contributed by atoms with Crippen molar-refractivity contribution < 1.29 is 4.74 Å². The average Bonchev–Trinajstić information content (AvgIpc) is 2.20. The van der Waals surface area contributed by atoms with Crippen LogP contribution < -0.4 is 11.5 Å². The number of rotatable bonds is 6. The summed E-state index contributed by atoms with van der Waals surface area (Å²) in [6, 6.07) is 0. The molecule has 1 aliphatic heterocycles. The highest BCUT2D eigenvalue weighted by Gasteiger charge is 2.16. The van der Waals surface area contributed by atoms with Gasteiger partial charge >= 0.3 is 0 Å². The lowest BCUT2D eigenvalue weighted by Gasteiger charge is -2.29. The van der Waals surface area contributed by atoms with Gasteiger partial charge in [-0.05, 0) is 19.3 Å². The summed E-state index contributed by atoms with van der Waals surface area (Å²) in [5.41, 5.74) is 11.1. The molecule has 0 aliphatic carbocycles. The number of hydrogen-bond acceptors (Lipinski definition) is 4. The van der Waals surface area contributed by atoms with Gasteiger partial charge in [-0.3, -0.25) is 4.90 Å². The average molecular weight is 201 g/mol. The van der Waals surface area contributed by atoms with Crippen LogP contribution in [-0.4, -0.2) is 50.3 Å². The zero-order valence-corrected chi connectivity index (χ0v) is 8.95. The molecular formula is C10H23N3O. The highest BCUT2D eigenvalue weighted by molar-refractivity contribution is 4.70. The maximum atomic E-state index is 5.68. The van der Waals surface area contributed by atoms with Crippen LogP contribution in [0.15, 0.2) is 0 Å². The summed E-state index contributed by atoms with van der Waals surface area (Å²) in [7, 11) is 0. The first-order chi connectivity index (χ1) is 6.86. The SMILES string of the molecule is NCCN(CCN)CC1CCCCO1. The predicted molar refractivity (Wildman–Crippen MR) is 58.1 cm³/mol. The van der Waals surface area contributed by atoms with E-state index in [4.69, 9.17) is 16.2 Å². The molecule has 1 atom stereocenters. The summed E-state index contributed by atoms with van der Waals surface area (Å²) in [4.78, 5) is 2.30. The van der Waals surface area contributed by atoms with Gasteiger partial charge in [0.1, 0.15) is 0 Å². The lowest BCUT2D eigenvalue weighted by molar-refractivity contribution is -0.00466. The molecule has 4 N–H and O–H groups in total. The van der Waals surface area contributed by atoms with Crippen molar-refractivity contribution in [1.29, 1.82) is 0 Å². The Morgan fingerprint density at radius 3 is 2.36 bits per heavy atom. The lowest BCUT2D eigenvalue weighted by Crippen LogP contribution is -2.40. The third-order valence-corrected chi connectivity index (χ3v) is 2.63. The van der Waals surface area contributed by atoms with Gasteiger partial charge in [0.25, 0.3) is 0 Å². The highest BCUT2D eigenvalue weighted by atomic mass is 16.5. The van der Waals surface area contributed by atoms with Gasteiger partial charge < -0.3 is 16.2 Å². The molecule has 0 saturated carbocycles. The van der Waals surface area contributed by atoms with E-state index in [1.165, 1.54) is 19.3 Å². The normalized spacial score (nSPS) is 22.9. The van der Waals surface area contributed by atoms with Crippen molar-refractivity contribution in [2.24, 2.45) is 11.5 Å². The van der Waals surface area contributed by atoms with E-state index in [2.05, 4.69) is 4.90 Å². The van der Waals surface area contributed by atoms with Crippen molar-refractivity contribution in [2.45, 2.75) is 25.4 Å². The molecule has 0 radical (unpaired) electrons. The minimum Gasteiger partial charge on any atom is -0.377 e. The molecular weight excluding hydrogens is 178 g/mol. The van der Waals surface area contributed by atoms with Gasteiger partial charge in [0, 0.05) is 39.3 Å². The molecule has 1 rings (SSSR count). The molecule has 4 nitrogen and oxygen atoms in total. The summed E-state index contributed by atoms with van der Waals surface area (Å²) in [5, 5.41) is 0. The van der Waals surface area contributed by atoms with Gasteiger partial charge in [0.2, 0.25) is 0 Å². The van der Waals surface area contributed by atoms with Gasteiger partial charge in [0.05, 0.1) is 6.10 Å². The van der Waals surface area contributed by atoms with E-state index < -0.39 is 0 Å². The monoisotopic (exact) mass is 201 g/mol.